The molecule has 1 aromatic heterocycles. The van der Waals surface area contributed by atoms with E-state index in [0.29, 0.717) is 18.3 Å². The second kappa shape index (κ2) is 6.04. The minimum atomic E-state index is -3.59. The van der Waals surface area contributed by atoms with Crippen molar-refractivity contribution >= 4 is 10.0 Å². The summed E-state index contributed by atoms with van der Waals surface area (Å²) in [6, 6.07) is 3.72. The van der Waals surface area contributed by atoms with Crippen molar-refractivity contribution in [3.05, 3.63) is 17.9 Å². The van der Waals surface area contributed by atoms with Crippen molar-refractivity contribution in [1.82, 2.24) is 10.0 Å². The van der Waals surface area contributed by atoms with Gasteiger partial charge < -0.3 is 14.5 Å². The van der Waals surface area contributed by atoms with Crippen LogP contribution in [0.2, 0.25) is 0 Å². The lowest BCUT2D eigenvalue weighted by molar-refractivity contribution is 0.122. The van der Waals surface area contributed by atoms with Gasteiger partial charge in [0.25, 0.3) is 10.0 Å². The zero-order chi connectivity index (χ0) is 13.9. The predicted octanol–water partition coefficient (Wildman–Crippen LogP) is 0.845. The van der Waals surface area contributed by atoms with Gasteiger partial charge in [-0.15, -0.1) is 0 Å². The highest BCUT2D eigenvalue weighted by Gasteiger charge is 2.22. The second-order valence-corrected chi connectivity index (χ2v) is 6.47. The lowest BCUT2D eigenvalue weighted by Crippen LogP contribution is -2.31. The topological polar surface area (TPSA) is 80.6 Å². The third-order valence-electron chi connectivity index (χ3n) is 3.01. The average molecular weight is 288 g/mol. The largest absolute Gasteiger partial charge is 0.447 e. The van der Waals surface area contributed by atoms with Gasteiger partial charge in [0.15, 0.2) is 0 Å². The normalized spacial score (nSPS) is 17.6. The van der Waals surface area contributed by atoms with Crippen molar-refractivity contribution in [1.29, 1.82) is 0 Å². The zero-order valence-corrected chi connectivity index (χ0v) is 12.0. The summed E-state index contributed by atoms with van der Waals surface area (Å²) in [4.78, 5) is 0. The minimum absolute atomic E-state index is 0.0524. The van der Waals surface area contributed by atoms with E-state index in [1.165, 1.54) is 26.0 Å². The van der Waals surface area contributed by atoms with Crippen LogP contribution < -0.4 is 10.0 Å². The van der Waals surface area contributed by atoms with E-state index < -0.39 is 10.0 Å². The lowest BCUT2D eigenvalue weighted by Gasteiger charge is -2.09. The van der Waals surface area contributed by atoms with Crippen LogP contribution in [0, 0.1) is 0 Å². The fraction of sp³-hybridized carbons (Fsp3) is 0.667. The first-order valence-electron chi connectivity index (χ1n) is 6.36. The van der Waals surface area contributed by atoms with Crippen molar-refractivity contribution in [2.45, 2.75) is 43.5 Å². The molecule has 0 aliphatic heterocycles. The van der Waals surface area contributed by atoms with Crippen LogP contribution >= 0.6 is 0 Å². The molecule has 0 radical (unpaired) electrons. The Morgan fingerprint density at radius 1 is 1.47 bits per heavy atom. The zero-order valence-electron chi connectivity index (χ0n) is 11.2. The number of furan rings is 1. The average Bonchev–Trinajstić information content (AvgIpc) is 3.09. The van der Waals surface area contributed by atoms with Crippen molar-refractivity contribution in [3.63, 3.8) is 0 Å². The van der Waals surface area contributed by atoms with E-state index in [9.17, 15) is 8.42 Å². The number of hydrogen-bond acceptors (Lipinski definition) is 5. The number of sulfonamides is 1. The quantitative estimate of drug-likeness (QED) is 0.741. The Morgan fingerprint density at radius 2 is 2.21 bits per heavy atom. The van der Waals surface area contributed by atoms with Gasteiger partial charge in [-0.2, -0.15) is 0 Å². The summed E-state index contributed by atoms with van der Waals surface area (Å²) < 4.78 is 36.7. The number of rotatable bonds is 8. The third kappa shape index (κ3) is 4.31. The molecule has 1 heterocycles. The minimum Gasteiger partial charge on any atom is -0.447 e. The predicted molar refractivity (Wildman–Crippen MR) is 70.2 cm³/mol. The molecule has 108 valence electrons. The molecule has 0 spiro atoms. The maximum atomic E-state index is 11.9. The summed E-state index contributed by atoms with van der Waals surface area (Å²) in [7, 11) is -2.06. The van der Waals surface area contributed by atoms with Crippen molar-refractivity contribution in [3.8, 4) is 0 Å². The Labute approximate surface area is 113 Å². The van der Waals surface area contributed by atoms with Crippen LogP contribution in [-0.2, 0) is 21.3 Å². The second-order valence-electron chi connectivity index (χ2n) is 4.77. The Balaban J connectivity index is 1.91. The number of hydrogen-bond donors (Lipinski definition) is 2. The van der Waals surface area contributed by atoms with Crippen LogP contribution in [0.15, 0.2) is 21.6 Å². The van der Waals surface area contributed by atoms with Crippen LogP contribution in [0.25, 0.3) is 0 Å². The SMILES string of the molecule is COC(C)CNS(=O)(=O)c1ccc(CNC2CC2)o1. The molecule has 1 aliphatic rings. The third-order valence-corrected chi connectivity index (χ3v) is 4.30. The molecule has 1 fully saturated rings. The fourth-order valence-corrected chi connectivity index (χ4v) is 2.57. The summed E-state index contributed by atoms with van der Waals surface area (Å²) in [5.74, 6) is 0.632. The summed E-state index contributed by atoms with van der Waals surface area (Å²) in [6.45, 7) is 2.57. The fourth-order valence-electron chi connectivity index (χ4n) is 1.51. The first-order chi connectivity index (χ1) is 9.01. The summed E-state index contributed by atoms with van der Waals surface area (Å²) in [6.07, 6.45) is 2.19. The summed E-state index contributed by atoms with van der Waals surface area (Å²) >= 11 is 0. The van der Waals surface area contributed by atoms with Crippen molar-refractivity contribution < 1.29 is 17.6 Å². The molecule has 0 aromatic carbocycles. The first-order valence-corrected chi connectivity index (χ1v) is 7.84. The van der Waals surface area contributed by atoms with Gasteiger partial charge in [-0.3, -0.25) is 0 Å². The molecular formula is C12H20N2O4S. The van der Waals surface area contributed by atoms with Crippen LogP contribution in [0.4, 0.5) is 0 Å². The van der Waals surface area contributed by atoms with Gasteiger partial charge in [-0.1, -0.05) is 0 Å². The molecule has 1 unspecified atom stereocenters. The van der Waals surface area contributed by atoms with E-state index >= 15 is 0 Å². The highest BCUT2D eigenvalue weighted by molar-refractivity contribution is 7.89. The molecule has 0 amide bonds. The van der Waals surface area contributed by atoms with E-state index in [-0.39, 0.29) is 17.7 Å². The molecule has 19 heavy (non-hydrogen) atoms. The number of nitrogens with one attached hydrogen (secondary N) is 2. The molecule has 0 bridgehead atoms. The molecular weight excluding hydrogens is 268 g/mol. The maximum absolute atomic E-state index is 11.9. The van der Waals surface area contributed by atoms with Crippen LogP contribution in [-0.4, -0.2) is 34.2 Å². The van der Waals surface area contributed by atoms with E-state index in [2.05, 4.69) is 10.0 Å². The van der Waals surface area contributed by atoms with E-state index in [1.54, 1.807) is 13.0 Å². The highest BCUT2D eigenvalue weighted by atomic mass is 32.2. The summed E-state index contributed by atoms with van der Waals surface area (Å²) in [5, 5.41) is 3.22. The molecule has 1 aromatic rings. The molecule has 2 N–H and O–H groups in total. The van der Waals surface area contributed by atoms with Crippen molar-refractivity contribution in [2.75, 3.05) is 13.7 Å². The van der Waals surface area contributed by atoms with Gasteiger partial charge in [-0.05, 0) is 31.9 Å². The smallest absolute Gasteiger partial charge is 0.274 e. The van der Waals surface area contributed by atoms with E-state index in [4.69, 9.17) is 9.15 Å². The van der Waals surface area contributed by atoms with Crippen LogP contribution in [0.5, 0.6) is 0 Å². The van der Waals surface area contributed by atoms with Gasteiger partial charge in [0.1, 0.15) is 5.76 Å². The molecule has 1 saturated carbocycles. The first kappa shape index (κ1) is 14.5. The van der Waals surface area contributed by atoms with Gasteiger partial charge in [0, 0.05) is 19.7 Å². The monoisotopic (exact) mass is 288 g/mol. The van der Waals surface area contributed by atoms with Crippen LogP contribution in [0.1, 0.15) is 25.5 Å². The van der Waals surface area contributed by atoms with E-state index in [1.807, 2.05) is 0 Å². The van der Waals surface area contributed by atoms with Crippen LogP contribution in [0.3, 0.4) is 0 Å². The molecule has 1 atom stereocenters. The van der Waals surface area contributed by atoms with E-state index in [0.717, 1.165) is 0 Å². The maximum Gasteiger partial charge on any atom is 0.274 e. The van der Waals surface area contributed by atoms with Gasteiger partial charge >= 0.3 is 0 Å². The Bertz CT molecular complexity index is 508. The molecule has 0 saturated heterocycles. The number of methoxy groups -OCH3 is 1. The Morgan fingerprint density at radius 3 is 2.84 bits per heavy atom. The Hall–Kier alpha value is -0.890. The molecule has 7 heteroatoms. The lowest BCUT2D eigenvalue weighted by atomic mass is 10.4. The highest BCUT2D eigenvalue weighted by Crippen LogP contribution is 2.20. The standard InChI is InChI=1S/C12H20N2O4S/c1-9(17-2)7-14-19(15,16)12-6-5-11(18-12)8-13-10-3-4-10/h5-6,9-10,13-14H,3-4,7-8H2,1-2H3. The van der Waals surface area contributed by atoms with Gasteiger partial charge in [0.2, 0.25) is 5.09 Å². The van der Waals surface area contributed by atoms with Gasteiger partial charge in [0.05, 0.1) is 12.6 Å². The van der Waals surface area contributed by atoms with Gasteiger partial charge in [-0.25, -0.2) is 13.1 Å². The summed E-state index contributed by atoms with van der Waals surface area (Å²) in [5.41, 5.74) is 0. The number of ether oxygens (including phenoxy) is 1. The molecule has 2 rings (SSSR count). The molecule has 6 nitrogen and oxygen atoms in total. The van der Waals surface area contributed by atoms with Crippen molar-refractivity contribution in [2.24, 2.45) is 0 Å². The molecule has 1 aliphatic carbocycles. The Kier molecular flexibility index (Phi) is 4.62.